The zero-order valence-corrected chi connectivity index (χ0v) is 20.5. The van der Waals surface area contributed by atoms with Gasteiger partial charge in [0.15, 0.2) is 17.2 Å². The van der Waals surface area contributed by atoms with Crippen LogP contribution in [-0.2, 0) is 13.6 Å². The van der Waals surface area contributed by atoms with Gasteiger partial charge in [-0.15, -0.1) is 0 Å². The molecule has 0 aliphatic heterocycles. The van der Waals surface area contributed by atoms with Gasteiger partial charge in [0, 0.05) is 36.0 Å². The predicted molar refractivity (Wildman–Crippen MR) is 148 cm³/mol. The van der Waals surface area contributed by atoms with E-state index in [-0.39, 0.29) is 17.1 Å². The third-order valence-corrected chi connectivity index (χ3v) is 7.48. The van der Waals surface area contributed by atoms with Crippen molar-refractivity contribution < 1.29 is 9.59 Å². The number of carbonyl (C=O) groups excluding carboxylic acids is 2. The minimum Gasteiger partial charge on any atom is -0.326 e. The summed E-state index contributed by atoms with van der Waals surface area (Å²) >= 11 is 0. The van der Waals surface area contributed by atoms with Crippen molar-refractivity contribution in [3.05, 3.63) is 107 Å². The molecule has 0 amide bonds. The molecule has 0 N–H and O–H groups in total. The van der Waals surface area contributed by atoms with E-state index < -0.39 is 0 Å². The zero-order chi connectivity index (χ0) is 25.3. The van der Waals surface area contributed by atoms with Crippen molar-refractivity contribution in [2.24, 2.45) is 7.05 Å². The number of carbonyl (C=O) groups is 2. The Kier molecular flexibility index (Phi) is 4.57. The van der Waals surface area contributed by atoms with E-state index in [1.54, 1.807) is 6.08 Å². The van der Waals surface area contributed by atoms with Crippen LogP contribution in [0, 0.1) is 0 Å². The van der Waals surface area contributed by atoms with Crippen LogP contribution < -0.4 is 0 Å². The molecule has 1 aliphatic carbocycles. The van der Waals surface area contributed by atoms with Crippen LogP contribution in [0.2, 0.25) is 0 Å². The number of fused-ring (bicyclic) bond motifs is 4. The Balaban J connectivity index is 1.36. The number of aryl methyl sites for hydroxylation is 2. The number of imidazole rings is 1. The highest BCUT2D eigenvalue weighted by Crippen LogP contribution is 2.34. The van der Waals surface area contributed by atoms with Crippen molar-refractivity contribution in [1.29, 1.82) is 0 Å². The quantitative estimate of drug-likeness (QED) is 0.206. The topological polar surface area (TPSA) is 56.9 Å². The van der Waals surface area contributed by atoms with Crippen LogP contribution in [0.25, 0.3) is 50.2 Å². The average Bonchev–Trinajstić information content (AvgIpc) is 3.51. The lowest BCUT2D eigenvalue weighted by molar-refractivity contribution is 0.0990. The van der Waals surface area contributed by atoms with Gasteiger partial charge in [0.1, 0.15) is 5.82 Å². The lowest BCUT2D eigenvalue weighted by Crippen LogP contribution is -2.03. The van der Waals surface area contributed by atoms with Crippen molar-refractivity contribution in [1.82, 2.24) is 14.1 Å². The minimum atomic E-state index is -0.219. The highest BCUT2D eigenvalue weighted by atomic mass is 16.2. The van der Waals surface area contributed by atoms with Gasteiger partial charge in [0.25, 0.3) is 0 Å². The molecule has 0 spiro atoms. The molecule has 0 atom stereocenters. The van der Waals surface area contributed by atoms with Gasteiger partial charge >= 0.3 is 0 Å². The maximum Gasteiger partial charge on any atom is 0.197 e. The highest BCUT2D eigenvalue weighted by Gasteiger charge is 2.34. The van der Waals surface area contributed by atoms with E-state index in [1.807, 2.05) is 68.6 Å². The van der Waals surface area contributed by atoms with Crippen molar-refractivity contribution in [2.45, 2.75) is 13.5 Å². The summed E-state index contributed by atoms with van der Waals surface area (Å²) in [6.45, 7) is 2.71. The van der Waals surface area contributed by atoms with Gasteiger partial charge in [-0.3, -0.25) is 9.59 Å². The van der Waals surface area contributed by atoms with Crippen molar-refractivity contribution in [3.8, 4) is 11.4 Å². The summed E-state index contributed by atoms with van der Waals surface area (Å²) in [7, 11) is 2.01. The van der Waals surface area contributed by atoms with Crippen molar-refractivity contribution >= 4 is 50.4 Å². The molecule has 4 aromatic carbocycles. The summed E-state index contributed by atoms with van der Waals surface area (Å²) < 4.78 is 4.15. The van der Waals surface area contributed by atoms with E-state index in [0.717, 1.165) is 44.4 Å². The van der Waals surface area contributed by atoms with E-state index in [1.165, 1.54) is 5.39 Å². The molecule has 0 fully saturated rings. The summed E-state index contributed by atoms with van der Waals surface area (Å²) in [5.74, 6) is 0.446. The van der Waals surface area contributed by atoms with E-state index >= 15 is 0 Å². The molecule has 0 bridgehead atoms. The van der Waals surface area contributed by atoms with Gasteiger partial charge in [-0.1, -0.05) is 66.7 Å². The molecule has 5 nitrogen and oxygen atoms in total. The standard InChI is InChI=1S/C32H23N3O2/c1-3-35-22(17-27-29(36)25-15-20-10-4-5-11-21(20)16-26(25)30(27)37)18-28-32(35)33-31(34(28)2)24-14-8-12-19-9-6-7-13-23(19)24/h4-18H,3H2,1-2H3. The molecular formula is C32H23N3O2. The Morgan fingerprint density at radius 1 is 0.757 bits per heavy atom. The van der Waals surface area contributed by atoms with Crippen LogP contribution >= 0.6 is 0 Å². The molecule has 1 aliphatic rings. The Labute approximate surface area is 213 Å². The first kappa shape index (κ1) is 21.5. The number of aromatic nitrogens is 3. The number of nitrogens with zero attached hydrogens (tertiary/aromatic N) is 3. The molecule has 6 aromatic rings. The van der Waals surface area contributed by atoms with Crippen LogP contribution in [0.4, 0.5) is 0 Å². The lowest BCUT2D eigenvalue weighted by atomic mass is 10.0. The predicted octanol–water partition coefficient (Wildman–Crippen LogP) is 6.83. The maximum atomic E-state index is 13.3. The van der Waals surface area contributed by atoms with Crippen LogP contribution in [0.3, 0.4) is 0 Å². The first-order valence-corrected chi connectivity index (χ1v) is 12.4. The lowest BCUT2D eigenvalue weighted by Gasteiger charge is -2.07. The number of rotatable bonds is 3. The van der Waals surface area contributed by atoms with Gasteiger partial charge in [-0.25, -0.2) is 4.98 Å². The summed E-state index contributed by atoms with van der Waals surface area (Å²) in [5, 5.41) is 4.23. The van der Waals surface area contributed by atoms with Crippen LogP contribution in [0.5, 0.6) is 0 Å². The first-order valence-electron chi connectivity index (χ1n) is 12.4. The number of hydrogen-bond acceptors (Lipinski definition) is 3. The Hall–Kier alpha value is -4.77. The van der Waals surface area contributed by atoms with Gasteiger partial charge in [-0.05, 0) is 52.7 Å². The molecule has 7 rings (SSSR count). The van der Waals surface area contributed by atoms with Gasteiger partial charge in [-0.2, -0.15) is 0 Å². The van der Waals surface area contributed by atoms with Gasteiger partial charge in [0.05, 0.1) is 11.1 Å². The van der Waals surface area contributed by atoms with E-state index in [4.69, 9.17) is 4.98 Å². The molecular weight excluding hydrogens is 458 g/mol. The molecule has 0 radical (unpaired) electrons. The van der Waals surface area contributed by atoms with Crippen LogP contribution in [0.1, 0.15) is 33.3 Å². The van der Waals surface area contributed by atoms with Gasteiger partial charge in [0.2, 0.25) is 0 Å². The molecule has 0 unspecified atom stereocenters. The number of ketones is 2. The first-order chi connectivity index (χ1) is 18.0. The number of benzene rings is 4. The van der Waals surface area contributed by atoms with Gasteiger partial charge < -0.3 is 9.13 Å². The second kappa shape index (κ2) is 7.87. The summed E-state index contributed by atoms with van der Waals surface area (Å²) in [5.41, 5.74) is 4.82. The normalized spacial score (nSPS) is 13.3. The fraction of sp³-hybridized carbons (Fsp3) is 0.0938. The number of hydrogen-bond donors (Lipinski definition) is 0. The van der Waals surface area contributed by atoms with Crippen LogP contribution in [-0.4, -0.2) is 25.7 Å². The van der Waals surface area contributed by atoms with E-state index in [0.29, 0.717) is 17.7 Å². The number of Topliss-reactive ketones (excluding diaryl/α,β-unsaturated/α-hetero) is 2. The monoisotopic (exact) mass is 481 g/mol. The second-order valence-corrected chi connectivity index (χ2v) is 9.50. The fourth-order valence-electron chi connectivity index (χ4n) is 5.60. The summed E-state index contributed by atoms with van der Waals surface area (Å²) in [6.07, 6.45) is 1.73. The Bertz CT molecular complexity index is 1910. The largest absolute Gasteiger partial charge is 0.326 e. The molecule has 0 saturated carbocycles. The fourth-order valence-corrected chi connectivity index (χ4v) is 5.60. The molecule has 5 heteroatoms. The van der Waals surface area contributed by atoms with E-state index in [9.17, 15) is 9.59 Å². The highest BCUT2D eigenvalue weighted by molar-refractivity contribution is 6.42. The van der Waals surface area contributed by atoms with E-state index in [2.05, 4.69) is 39.5 Å². The Morgan fingerprint density at radius 3 is 2.05 bits per heavy atom. The molecule has 2 aromatic heterocycles. The van der Waals surface area contributed by atoms with Crippen LogP contribution in [0.15, 0.2) is 90.5 Å². The number of allylic oxidation sites excluding steroid dienone is 1. The third-order valence-electron chi connectivity index (χ3n) is 7.48. The SMILES string of the molecule is CCn1c(C=C2C(=O)c3cc4ccccc4cc3C2=O)cc2c1nc(-c1cccc3ccccc13)n2C. The maximum absolute atomic E-state index is 13.3. The third kappa shape index (κ3) is 3.07. The van der Waals surface area contributed by atoms with Crippen molar-refractivity contribution in [3.63, 3.8) is 0 Å². The second-order valence-electron chi connectivity index (χ2n) is 9.50. The molecule has 2 heterocycles. The summed E-state index contributed by atoms with van der Waals surface area (Å²) in [4.78, 5) is 31.7. The average molecular weight is 482 g/mol. The zero-order valence-electron chi connectivity index (χ0n) is 20.5. The molecule has 178 valence electrons. The van der Waals surface area contributed by atoms with Crippen molar-refractivity contribution in [2.75, 3.05) is 0 Å². The molecule has 0 saturated heterocycles. The molecule has 37 heavy (non-hydrogen) atoms. The smallest absolute Gasteiger partial charge is 0.197 e. The Morgan fingerprint density at radius 2 is 1.38 bits per heavy atom. The summed E-state index contributed by atoms with van der Waals surface area (Å²) in [6, 6.07) is 28.0. The minimum absolute atomic E-state index is 0.206.